The van der Waals surface area contributed by atoms with Crippen LogP contribution in [0.4, 0.5) is 11.4 Å². The van der Waals surface area contributed by atoms with Gasteiger partial charge in [0.05, 0.1) is 23.7 Å². The first-order chi connectivity index (χ1) is 21.5. The molecule has 1 heterocycles. The Balaban J connectivity index is 1.41. The summed E-state index contributed by atoms with van der Waals surface area (Å²) < 4.78 is 34.2. The van der Waals surface area contributed by atoms with Crippen molar-refractivity contribution in [3.05, 3.63) is 54.1 Å². The van der Waals surface area contributed by atoms with Gasteiger partial charge in [0.2, 0.25) is 10.0 Å². The van der Waals surface area contributed by atoms with E-state index in [1.165, 1.54) is 82.6 Å². The summed E-state index contributed by atoms with van der Waals surface area (Å²) in [5.74, 6) is -0.604. The second-order valence-electron chi connectivity index (χ2n) is 13.5. The average molecular weight is 641 g/mol. The number of ketones is 1. The molecular formula is C37H56N2O5S. The van der Waals surface area contributed by atoms with E-state index in [9.17, 15) is 18.0 Å². The van der Waals surface area contributed by atoms with Gasteiger partial charge in [-0.25, -0.2) is 12.7 Å². The Bertz CT molecular complexity index is 1320. The number of hydrogen-bond acceptors (Lipinski definition) is 5. The monoisotopic (exact) mass is 640 g/mol. The topological polar surface area (TPSA) is 92.8 Å². The molecule has 0 radical (unpaired) electrons. The molecule has 0 aliphatic carbocycles. The van der Waals surface area contributed by atoms with Gasteiger partial charge in [-0.15, -0.1) is 0 Å². The zero-order valence-corrected chi connectivity index (χ0v) is 28.9. The maximum Gasteiger partial charge on any atom is 0.256 e. The summed E-state index contributed by atoms with van der Waals surface area (Å²) in [7, 11) is -4.01. The minimum absolute atomic E-state index is 0.209. The quantitative estimate of drug-likeness (QED) is 0.109. The minimum atomic E-state index is -4.01. The molecule has 0 bridgehead atoms. The molecule has 1 atom stereocenters. The number of benzene rings is 2. The number of anilines is 2. The van der Waals surface area contributed by atoms with E-state index in [4.69, 9.17) is 4.74 Å². The predicted octanol–water partition coefficient (Wildman–Crippen LogP) is 8.86. The van der Waals surface area contributed by atoms with Crippen molar-refractivity contribution in [2.75, 3.05) is 22.0 Å². The fourth-order valence-corrected chi connectivity index (χ4v) is 7.48. The van der Waals surface area contributed by atoms with Crippen molar-refractivity contribution < 1.29 is 22.7 Å². The Morgan fingerprint density at radius 2 is 1.42 bits per heavy atom. The second kappa shape index (κ2) is 18.3. The lowest BCUT2D eigenvalue weighted by atomic mass is 9.85. The number of nitrogens with zero attached hydrogens (tertiary/aromatic N) is 1. The molecule has 1 aliphatic heterocycles. The summed E-state index contributed by atoms with van der Waals surface area (Å²) in [5.41, 5.74) is 1.01. The summed E-state index contributed by atoms with van der Waals surface area (Å²) in [4.78, 5) is 26.3. The van der Waals surface area contributed by atoms with Gasteiger partial charge in [-0.2, -0.15) is 0 Å². The highest BCUT2D eigenvalue weighted by Crippen LogP contribution is 2.36. The average Bonchev–Trinajstić information content (AvgIpc) is 3.00. The highest BCUT2D eigenvalue weighted by molar-refractivity contribution is 7.92. The number of carbonyl (C=O) groups excluding carboxylic acids is 2. The minimum Gasteiger partial charge on any atom is -0.494 e. The number of rotatable bonds is 21. The molecule has 250 valence electrons. The van der Waals surface area contributed by atoms with Crippen molar-refractivity contribution in [2.24, 2.45) is 5.41 Å². The van der Waals surface area contributed by atoms with Crippen LogP contribution in [0.1, 0.15) is 123 Å². The molecule has 8 heteroatoms. The van der Waals surface area contributed by atoms with Crippen LogP contribution in [0.3, 0.4) is 0 Å². The second-order valence-corrected chi connectivity index (χ2v) is 15.4. The molecule has 1 N–H and O–H groups in total. The van der Waals surface area contributed by atoms with Gasteiger partial charge in [-0.3, -0.25) is 9.59 Å². The van der Waals surface area contributed by atoms with Crippen molar-refractivity contribution in [1.29, 1.82) is 0 Å². The summed E-state index contributed by atoms with van der Waals surface area (Å²) in [5, 5.41) is 2.71. The molecule has 0 aromatic heterocycles. The Morgan fingerprint density at radius 1 is 0.822 bits per heavy atom. The lowest BCUT2D eigenvalue weighted by molar-refractivity contribution is -0.132. The van der Waals surface area contributed by atoms with Gasteiger partial charge in [0.25, 0.3) is 5.91 Å². The number of para-hydroxylation sites is 2. The van der Waals surface area contributed by atoms with E-state index in [0.717, 1.165) is 22.9 Å². The number of fused-ring (bicyclic) bond motifs is 1. The molecule has 3 rings (SSSR count). The summed E-state index contributed by atoms with van der Waals surface area (Å²) in [6, 6.07) is 13.3. The first-order valence-corrected chi connectivity index (χ1v) is 18.8. The molecule has 0 fully saturated rings. The van der Waals surface area contributed by atoms with Crippen LogP contribution in [0.25, 0.3) is 0 Å². The van der Waals surface area contributed by atoms with E-state index in [-0.39, 0.29) is 18.8 Å². The standard InChI is InChI=1S/C37H56N2O5S/c1-5-6-7-8-9-10-11-12-13-14-15-16-17-22-30-23-20-24-31(29-30)44-27-21-28-45(42,43)39-33-26-19-18-25-32(33)38-36(41)34(39)35(40)37(2,3)4/h18-20,23-26,29,34H,5-17,21-22,27-28H2,1-4H3,(H,38,41). The Hall–Kier alpha value is -2.87. The van der Waals surface area contributed by atoms with E-state index in [0.29, 0.717) is 11.4 Å². The van der Waals surface area contributed by atoms with Gasteiger partial charge in [0.15, 0.2) is 11.8 Å². The third-order valence-corrected chi connectivity index (χ3v) is 10.3. The Kier molecular flexibility index (Phi) is 14.9. The Labute approximate surface area is 272 Å². The molecular weight excluding hydrogens is 584 g/mol. The summed E-state index contributed by atoms with van der Waals surface area (Å²) in [6.07, 6.45) is 18.6. The number of nitrogens with one attached hydrogen (secondary N) is 1. The number of amides is 1. The molecule has 2 aromatic rings. The number of aryl methyl sites for hydroxylation is 1. The fourth-order valence-electron chi connectivity index (χ4n) is 5.83. The zero-order valence-electron chi connectivity index (χ0n) is 28.1. The normalized spacial score (nSPS) is 15.1. The van der Waals surface area contributed by atoms with E-state index in [2.05, 4.69) is 18.3 Å². The molecule has 1 unspecified atom stereocenters. The van der Waals surface area contributed by atoms with Crippen LogP contribution < -0.4 is 14.4 Å². The van der Waals surface area contributed by atoms with E-state index in [1.807, 2.05) is 18.2 Å². The molecule has 0 spiro atoms. The number of sulfonamides is 1. The van der Waals surface area contributed by atoms with Crippen LogP contribution >= 0.6 is 0 Å². The van der Waals surface area contributed by atoms with Gasteiger partial charge in [-0.05, 0) is 49.1 Å². The fraction of sp³-hybridized carbons (Fsp3) is 0.622. The van der Waals surface area contributed by atoms with Gasteiger partial charge < -0.3 is 10.1 Å². The molecule has 0 saturated carbocycles. The maximum absolute atomic E-state index is 13.6. The molecule has 0 saturated heterocycles. The van der Waals surface area contributed by atoms with E-state index < -0.39 is 33.2 Å². The number of Topliss-reactive ketones (excluding diaryl/α,β-unsaturated/α-hetero) is 1. The number of hydrogen-bond donors (Lipinski definition) is 1. The van der Waals surface area contributed by atoms with Crippen molar-refractivity contribution in [3.8, 4) is 5.75 Å². The van der Waals surface area contributed by atoms with Crippen LogP contribution in [0.15, 0.2) is 48.5 Å². The number of ether oxygens (including phenoxy) is 1. The van der Waals surface area contributed by atoms with Gasteiger partial charge >= 0.3 is 0 Å². The molecule has 1 aliphatic rings. The zero-order chi connectivity index (χ0) is 32.7. The van der Waals surface area contributed by atoms with Crippen LogP contribution in [0.5, 0.6) is 5.75 Å². The smallest absolute Gasteiger partial charge is 0.256 e. The van der Waals surface area contributed by atoms with Crippen LogP contribution in [0.2, 0.25) is 0 Å². The number of unbranched alkanes of at least 4 members (excludes halogenated alkanes) is 12. The molecule has 2 aromatic carbocycles. The third-order valence-electron chi connectivity index (χ3n) is 8.45. The van der Waals surface area contributed by atoms with Crippen LogP contribution in [-0.2, 0) is 26.0 Å². The van der Waals surface area contributed by atoms with Gasteiger partial charge in [0, 0.05) is 5.41 Å². The van der Waals surface area contributed by atoms with E-state index >= 15 is 0 Å². The summed E-state index contributed by atoms with van der Waals surface area (Å²) in [6.45, 7) is 7.54. The van der Waals surface area contributed by atoms with Gasteiger partial charge in [-0.1, -0.05) is 129 Å². The van der Waals surface area contributed by atoms with Crippen LogP contribution in [-0.4, -0.2) is 38.5 Å². The third kappa shape index (κ3) is 11.8. The lowest BCUT2D eigenvalue weighted by Crippen LogP contribution is -2.58. The van der Waals surface area contributed by atoms with Crippen molar-refractivity contribution in [3.63, 3.8) is 0 Å². The van der Waals surface area contributed by atoms with Crippen LogP contribution in [0, 0.1) is 5.41 Å². The van der Waals surface area contributed by atoms with Crippen molar-refractivity contribution in [2.45, 2.75) is 130 Å². The maximum atomic E-state index is 13.6. The van der Waals surface area contributed by atoms with Crippen molar-refractivity contribution >= 4 is 33.1 Å². The Morgan fingerprint density at radius 3 is 2.04 bits per heavy atom. The molecule has 7 nitrogen and oxygen atoms in total. The highest BCUT2D eigenvalue weighted by atomic mass is 32.2. The predicted molar refractivity (Wildman–Crippen MR) is 186 cm³/mol. The van der Waals surface area contributed by atoms with Gasteiger partial charge in [0.1, 0.15) is 5.75 Å². The van der Waals surface area contributed by atoms with E-state index in [1.54, 1.807) is 45.0 Å². The highest BCUT2D eigenvalue weighted by Gasteiger charge is 2.47. The molecule has 45 heavy (non-hydrogen) atoms. The first-order valence-electron chi connectivity index (χ1n) is 17.2. The summed E-state index contributed by atoms with van der Waals surface area (Å²) >= 11 is 0. The SMILES string of the molecule is CCCCCCCCCCCCCCCc1cccc(OCCCS(=O)(=O)N2c3ccccc3NC(=O)C2C(=O)C(C)(C)C)c1. The molecule has 1 amide bonds. The lowest BCUT2D eigenvalue weighted by Gasteiger charge is -2.38. The first kappa shape index (κ1) is 36.6. The van der Waals surface area contributed by atoms with Crippen molar-refractivity contribution in [1.82, 2.24) is 0 Å². The number of carbonyl (C=O) groups is 2. The largest absolute Gasteiger partial charge is 0.494 e.